The van der Waals surface area contributed by atoms with E-state index in [4.69, 9.17) is 0 Å². The van der Waals surface area contributed by atoms with Crippen molar-refractivity contribution in [1.82, 2.24) is 0 Å². The third-order valence-corrected chi connectivity index (χ3v) is 14.2. The van der Waals surface area contributed by atoms with E-state index in [0.717, 1.165) is 5.69 Å². The fourth-order valence-corrected chi connectivity index (χ4v) is 11.6. The molecule has 0 fully saturated rings. The van der Waals surface area contributed by atoms with E-state index in [0.29, 0.717) is 0 Å². The minimum Gasteiger partial charge on any atom is -0.308 e. The Bertz CT molecular complexity index is 3550. The molecular formula is C56H35NS2. The molecule has 0 bridgehead atoms. The molecule has 12 aromatic rings. The van der Waals surface area contributed by atoms with Crippen LogP contribution in [0.5, 0.6) is 0 Å². The molecule has 10 aromatic carbocycles. The van der Waals surface area contributed by atoms with Gasteiger partial charge in [0.2, 0.25) is 0 Å². The van der Waals surface area contributed by atoms with Crippen LogP contribution in [0.2, 0.25) is 0 Å². The lowest BCUT2D eigenvalue weighted by Gasteiger charge is -2.28. The molecule has 2 heterocycles. The predicted octanol–water partition coefficient (Wildman–Crippen LogP) is 17.2. The van der Waals surface area contributed by atoms with Gasteiger partial charge in [0, 0.05) is 41.3 Å². The predicted molar refractivity (Wildman–Crippen MR) is 258 cm³/mol. The highest BCUT2D eigenvalue weighted by atomic mass is 32.1. The highest BCUT2D eigenvalue weighted by Crippen LogP contribution is 2.52. The van der Waals surface area contributed by atoms with Crippen LogP contribution in [0.1, 0.15) is 0 Å². The number of hydrogen-bond donors (Lipinski definition) is 0. The second-order valence-electron chi connectivity index (χ2n) is 15.2. The third-order valence-electron chi connectivity index (χ3n) is 11.8. The Hall–Kier alpha value is -7.04. The average molecular weight is 786 g/mol. The summed E-state index contributed by atoms with van der Waals surface area (Å²) in [5.74, 6) is 0. The first-order valence-corrected chi connectivity index (χ1v) is 21.7. The van der Waals surface area contributed by atoms with Crippen LogP contribution in [-0.2, 0) is 0 Å². The maximum Gasteiger partial charge on any atom is 0.0640 e. The zero-order valence-corrected chi connectivity index (χ0v) is 33.6. The van der Waals surface area contributed by atoms with Gasteiger partial charge in [0.05, 0.1) is 16.1 Å². The first kappa shape index (κ1) is 34.0. The van der Waals surface area contributed by atoms with Gasteiger partial charge >= 0.3 is 0 Å². The summed E-state index contributed by atoms with van der Waals surface area (Å²) in [5, 5.41) is 10.1. The molecule has 0 unspecified atom stereocenters. The van der Waals surface area contributed by atoms with Gasteiger partial charge in [-0.3, -0.25) is 0 Å². The normalized spacial score (nSPS) is 11.7. The smallest absolute Gasteiger partial charge is 0.0640 e. The number of nitrogens with zero attached hydrogens (tertiary/aromatic N) is 1. The molecule has 0 aliphatic carbocycles. The van der Waals surface area contributed by atoms with Gasteiger partial charge in [0.15, 0.2) is 0 Å². The van der Waals surface area contributed by atoms with E-state index in [1.807, 2.05) is 22.7 Å². The molecule has 0 N–H and O–H groups in total. The standard InChI is InChI=1S/C56H35NS2/c1-4-13-36(14-5-1)41-26-29-46-47-21-12-22-51(55(47)58-52(46)33-41)57(43-28-25-40-24-23-39-19-10-11-20-44(39)49(40)35-43)50-32-31-45(38-17-8-3-9-18-38)56-54(50)48-30-27-42(34-53(48)59-56)37-15-6-2-7-16-37/h1-35H. The minimum atomic E-state index is 1.14. The Kier molecular flexibility index (Phi) is 7.97. The van der Waals surface area contributed by atoms with Crippen molar-refractivity contribution in [2.45, 2.75) is 0 Å². The molecule has 12 rings (SSSR count). The Labute approximate surface area is 350 Å². The lowest BCUT2D eigenvalue weighted by Crippen LogP contribution is -2.10. The van der Waals surface area contributed by atoms with Crippen molar-refractivity contribution >= 4 is 102 Å². The molecule has 1 nitrogen and oxygen atoms in total. The molecule has 0 amide bonds. The quantitative estimate of drug-likeness (QED) is 0.152. The van der Waals surface area contributed by atoms with Crippen LogP contribution in [0.3, 0.4) is 0 Å². The van der Waals surface area contributed by atoms with E-state index >= 15 is 0 Å². The van der Waals surface area contributed by atoms with Gasteiger partial charge in [-0.05, 0) is 91.3 Å². The SMILES string of the molecule is c1ccc(-c2ccc3c(c2)sc2c(N(c4ccc5ccc6ccccc6c5c4)c4ccc(-c5ccccc5)c5sc6cc(-c7ccccc7)ccc6c45)cccc23)cc1. The van der Waals surface area contributed by atoms with E-state index in [2.05, 4.69) is 217 Å². The Morgan fingerprint density at radius 1 is 0.305 bits per heavy atom. The van der Waals surface area contributed by atoms with E-state index in [9.17, 15) is 0 Å². The van der Waals surface area contributed by atoms with Crippen LogP contribution in [0.4, 0.5) is 17.1 Å². The highest BCUT2D eigenvalue weighted by molar-refractivity contribution is 7.27. The molecule has 2 aromatic heterocycles. The van der Waals surface area contributed by atoms with Gasteiger partial charge in [-0.1, -0.05) is 176 Å². The zero-order valence-electron chi connectivity index (χ0n) is 32.0. The average Bonchev–Trinajstić information content (AvgIpc) is 3.89. The molecule has 59 heavy (non-hydrogen) atoms. The van der Waals surface area contributed by atoms with Gasteiger partial charge in [0.1, 0.15) is 0 Å². The van der Waals surface area contributed by atoms with Crippen molar-refractivity contribution in [3.63, 3.8) is 0 Å². The lowest BCUT2D eigenvalue weighted by atomic mass is 9.98. The van der Waals surface area contributed by atoms with Gasteiger partial charge < -0.3 is 4.90 Å². The second-order valence-corrected chi connectivity index (χ2v) is 17.3. The van der Waals surface area contributed by atoms with Gasteiger partial charge in [-0.2, -0.15) is 0 Å². The Morgan fingerprint density at radius 2 is 0.881 bits per heavy atom. The van der Waals surface area contributed by atoms with Crippen molar-refractivity contribution in [2.24, 2.45) is 0 Å². The Morgan fingerprint density at radius 3 is 1.61 bits per heavy atom. The maximum atomic E-state index is 2.55. The van der Waals surface area contributed by atoms with Crippen molar-refractivity contribution < 1.29 is 0 Å². The van der Waals surface area contributed by atoms with Crippen LogP contribution < -0.4 is 4.90 Å². The molecule has 0 aliphatic heterocycles. The van der Waals surface area contributed by atoms with Crippen LogP contribution in [-0.4, -0.2) is 0 Å². The van der Waals surface area contributed by atoms with Crippen LogP contribution in [0, 0.1) is 0 Å². The van der Waals surface area contributed by atoms with Crippen molar-refractivity contribution in [2.75, 3.05) is 4.90 Å². The lowest BCUT2D eigenvalue weighted by molar-refractivity contribution is 1.33. The summed E-state index contributed by atoms with van der Waals surface area (Å²) in [4.78, 5) is 2.55. The summed E-state index contributed by atoms with van der Waals surface area (Å²) in [6.45, 7) is 0. The topological polar surface area (TPSA) is 3.24 Å². The van der Waals surface area contributed by atoms with Crippen molar-refractivity contribution in [3.8, 4) is 33.4 Å². The molecule has 0 atom stereocenters. The van der Waals surface area contributed by atoms with E-state index in [1.165, 1.54) is 107 Å². The molecule has 3 heteroatoms. The largest absolute Gasteiger partial charge is 0.308 e. The second kappa shape index (κ2) is 13.8. The van der Waals surface area contributed by atoms with E-state index in [1.54, 1.807) is 0 Å². The molecule has 0 saturated heterocycles. The fourth-order valence-electron chi connectivity index (χ4n) is 9.01. The van der Waals surface area contributed by atoms with E-state index in [-0.39, 0.29) is 0 Å². The first-order valence-electron chi connectivity index (χ1n) is 20.1. The minimum absolute atomic E-state index is 1.14. The number of thiophene rings is 2. The third kappa shape index (κ3) is 5.66. The summed E-state index contributed by atoms with van der Waals surface area (Å²) in [7, 11) is 0. The maximum absolute atomic E-state index is 2.55. The number of hydrogen-bond acceptors (Lipinski definition) is 3. The molecular weight excluding hydrogens is 751 g/mol. The van der Waals surface area contributed by atoms with Crippen molar-refractivity contribution in [3.05, 3.63) is 212 Å². The van der Waals surface area contributed by atoms with Crippen LogP contribution in [0.25, 0.3) is 95.3 Å². The van der Waals surface area contributed by atoms with Gasteiger partial charge in [-0.25, -0.2) is 0 Å². The zero-order chi connectivity index (χ0) is 38.9. The molecule has 0 aliphatic rings. The van der Waals surface area contributed by atoms with E-state index < -0.39 is 0 Å². The summed E-state index contributed by atoms with van der Waals surface area (Å²) in [6.07, 6.45) is 0. The molecule has 0 saturated carbocycles. The van der Waals surface area contributed by atoms with Crippen LogP contribution >= 0.6 is 22.7 Å². The van der Waals surface area contributed by atoms with Gasteiger partial charge in [-0.15, -0.1) is 22.7 Å². The summed E-state index contributed by atoms with van der Waals surface area (Å²) in [6, 6.07) is 78.2. The Balaban J connectivity index is 1.16. The van der Waals surface area contributed by atoms with Crippen LogP contribution in [0.15, 0.2) is 212 Å². The number of rotatable bonds is 6. The highest BCUT2D eigenvalue weighted by Gasteiger charge is 2.24. The number of anilines is 3. The number of benzene rings is 10. The van der Waals surface area contributed by atoms with Crippen molar-refractivity contribution in [1.29, 1.82) is 0 Å². The van der Waals surface area contributed by atoms with Gasteiger partial charge in [0.25, 0.3) is 0 Å². The first-order chi connectivity index (χ1) is 29.2. The number of fused-ring (bicyclic) bond motifs is 9. The summed E-state index contributed by atoms with van der Waals surface area (Å²) in [5.41, 5.74) is 10.9. The fraction of sp³-hybridized carbons (Fsp3) is 0. The molecule has 0 spiro atoms. The molecule has 0 radical (unpaired) electrons. The summed E-state index contributed by atoms with van der Waals surface area (Å²) < 4.78 is 5.14. The summed E-state index contributed by atoms with van der Waals surface area (Å²) >= 11 is 3.79. The monoisotopic (exact) mass is 785 g/mol. The molecule has 276 valence electrons.